The van der Waals surface area contributed by atoms with Crippen molar-refractivity contribution in [3.8, 4) is 0 Å². The van der Waals surface area contributed by atoms with Gasteiger partial charge in [-0.15, -0.1) is 11.3 Å². The standard InChI is InChI=1S/C12H16N4S/c1-7-2-10-11(15-6-16-12(10)17-7)14-5-8-3-9(13)4-8/h2,6,8-9H,3-5,13H2,1H3,(H,14,15,16). The molecule has 17 heavy (non-hydrogen) atoms. The highest BCUT2D eigenvalue weighted by atomic mass is 32.1. The second-order valence-electron chi connectivity index (χ2n) is 4.78. The lowest BCUT2D eigenvalue weighted by atomic mass is 9.81. The van der Waals surface area contributed by atoms with Crippen molar-refractivity contribution in [1.82, 2.24) is 9.97 Å². The molecule has 0 saturated heterocycles. The maximum absolute atomic E-state index is 5.78. The molecule has 5 heteroatoms. The number of thiophene rings is 1. The minimum absolute atomic E-state index is 0.413. The monoisotopic (exact) mass is 248 g/mol. The van der Waals surface area contributed by atoms with Gasteiger partial charge in [0.2, 0.25) is 0 Å². The summed E-state index contributed by atoms with van der Waals surface area (Å²) in [5.41, 5.74) is 5.78. The van der Waals surface area contributed by atoms with Gasteiger partial charge in [-0.3, -0.25) is 0 Å². The lowest BCUT2D eigenvalue weighted by Gasteiger charge is -2.32. The summed E-state index contributed by atoms with van der Waals surface area (Å²) in [4.78, 5) is 10.9. The molecule has 0 spiro atoms. The normalized spacial score (nSPS) is 23.6. The Morgan fingerprint density at radius 3 is 3.06 bits per heavy atom. The summed E-state index contributed by atoms with van der Waals surface area (Å²) in [6.07, 6.45) is 3.89. The van der Waals surface area contributed by atoms with Crippen LogP contribution in [0.15, 0.2) is 12.4 Å². The number of aromatic nitrogens is 2. The highest BCUT2D eigenvalue weighted by molar-refractivity contribution is 7.18. The number of hydrogen-bond donors (Lipinski definition) is 2. The molecule has 0 aliphatic heterocycles. The molecule has 0 atom stereocenters. The maximum atomic E-state index is 5.78. The number of aryl methyl sites for hydroxylation is 1. The first-order valence-electron chi connectivity index (χ1n) is 5.93. The van der Waals surface area contributed by atoms with Crippen molar-refractivity contribution in [2.24, 2.45) is 11.7 Å². The Morgan fingerprint density at radius 2 is 2.29 bits per heavy atom. The van der Waals surface area contributed by atoms with Gasteiger partial charge >= 0.3 is 0 Å². The first-order chi connectivity index (χ1) is 8.22. The molecule has 1 aliphatic rings. The van der Waals surface area contributed by atoms with E-state index in [-0.39, 0.29) is 0 Å². The van der Waals surface area contributed by atoms with Gasteiger partial charge in [0.05, 0.1) is 5.39 Å². The summed E-state index contributed by atoms with van der Waals surface area (Å²) in [6, 6.07) is 2.56. The van der Waals surface area contributed by atoms with Crippen LogP contribution in [-0.2, 0) is 0 Å². The number of fused-ring (bicyclic) bond motifs is 1. The molecule has 2 heterocycles. The molecule has 0 radical (unpaired) electrons. The van der Waals surface area contributed by atoms with Gasteiger partial charge in [0, 0.05) is 17.5 Å². The molecule has 1 fully saturated rings. The van der Waals surface area contributed by atoms with E-state index in [1.165, 1.54) is 4.88 Å². The Bertz CT molecular complexity index is 530. The third-order valence-corrected chi connectivity index (χ3v) is 4.24. The first-order valence-corrected chi connectivity index (χ1v) is 6.74. The predicted octanol–water partition coefficient (Wildman–Crippen LogP) is 2.15. The van der Waals surface area contributed by atoms with Gasteiger partial charge < -0.3 is 11.1 Å². The van der Waals surface area contributed by atoms with E-state index >= 15 is 0 Å². The number of nitrogens with two attached hydrogens (primary N) is 1. The Morgan fingerprint density at radius 1 is 1.47 bits per heavy atom. The average Bonchev–Trinajstić information content (AvgIpc) is 2.63. The number of nitrogens with zero attached hydrogens (tertiary/aromatic N) is 2. The van der Waals surface area contributed by atoms with E-state index in [2.05, 4.69) is 28.3 Å². The number of anilines is 1. The molecule has 0 unspecified atom stereocenters. The average molecular weight is 248 g/mol. The largest absolute Gasteiger partial charge is 0.369 e. The van der Waals surface area contributed by atoms with E-state index in [1.807, 2.05) is 0 Å². The summed E-state index contributed by atoms with van der Waals surface area (Å²) in [7, 11) is 0. The van der Waals surface area contributed by atoms with Gasteiger partial charge in [0.1, 0.15) is 17.0 Å². The smallest absolute Gasteiger partial charge is 0.138 e. The van der Waals surface area contributed by atoms with Crippen molar-refractivity contribution in [3.05, 3.63) is 17.3 Å². The third kappa shape index (κ3) is 2.12. The summed E-state index contributed by atoms with van der Waals surface area (Å²) in [5, 5.41) is 4.56. The Labute approximate surface area is 104 Å². The minimum Gasteiger partial charge on any atom is -0.369 e. The molecule has 3 rings (SSSR count). The lowest BCUT2D eigenvalue weighted by molar-refractivity contribution is 0.280. The molecular weight excluding hydrogens is 232 g/mol. The van der Waals surface area contributed by atoms with Crippen molar-refractivity contribution < 1.29 is 0 Å². The minimum atomic E-state index is 0.413. The van der Waals surface area contributed by atoms with Gasteiger partial charge in [0.25, 0.3) is 0 Å². The number of hydrogen-bond acceptors (Lipinski definition) is 5. The molecule has 2 aromatic rings. The van der Waals surface area contributed by atoms with Gasteiger partial charge in [0.15, 0.2) is 0 Å². The van der Waals surface area contributed by atoms with E-state index in [1.54, 1.807) is 17.7 Å². The molecule has 3 N–H and O–H groups in total. The van der Waals surface area contributed by atoms with E-state index < -0.39 is 0 Å². The molecule has 2 aromatic heterocycles. The van der Waals surface area contributed by atoms with Gasteiger partial charge in [-0.05, 0) is 31.7 Å². The van der Waals surface area contributed by atoms with Crippen LogP contribution in [0.4, 0.5) is 5.82 Å². The second-order valence-corrected chi connectivity index (χ2v) is 6.01. The zero-order valence-corrected chi connectivity index (χ0v) is 10.6. The van der Waals surface area contributed by atoms with Crippen molar-refractivity contribution in [2.75, 3.05) is 11.9 Å². The zero-order chi connectivity index (χ0) is 11.8. The number of nitrogens with one attached hydrogen (secondary N) is 1. The van der Waals surface area contributed by atoms with Crippen molar-refractivity contribution in [2.45, 2.75) is 25.8 Å². The predicted molar refractivity (Wildman–Crippen MR) is 71.3 cm³/mol. The fourth-order valence-electron chi connectivity index (χ4n) is 2.31. The SMILES string of the molecule is Cc1cc2c(NCC3CC(N)C3)ncnc2s1. The molecule has 0 amide bonds. The topological polar surface area (TPSA) is 63.8 Å². The van der Waals surface area contributed by atoms with Crippen LogP contribution in [0, 0.1) is 12.8 Å². The molecule has 1 aliphatic carbocycles. The van der Waals surface area contributed by atoms with Crippen LogP contribution in [0.2, 0.25) is 0 Å². The highest BCUT2D eigenvalue weighted by Gasteiger charge is 2.25. The van der Waals surface area contributed by atoms with Crippen molar-refractivity contribution in [3.63, 3.8) is 0 Å². The summed E-state index contributed by atoms with van der Waals surface area (Å²) >= 11 is 1.71. The Balaban J connectivity index is 1.75. The Hall–Kier alpha value is -1.20. The van der Waals surface area contributed by atoms with Crippen molar-refractivity contribution in [1.29, 1.82) is 0 Å². The molecule has 90 valence electrons. The third-order valence-electron chi connectivity index (χ3n) is 3.28. The van der Waals surface area contributed by atoms with Crippen molar-refractivity contribution >= 4 is 27.4 Å². The summed E-state index contributed by atoms with van der Waals surface area (Å²) in [5.74, 6) is 1.66. The first kappa shape index (κ1) is 10.9. The Kier molecular flexibility index (Phi) is 2.72. The van der Waals surface area contributed by atoms with E-state index in [0.29, 0.717) is 12.0 Å². The van der Waals surface area contributed by atoms with Crippen LogP contribution in [0.5, 0.6) is 0 Å². The fourth-order valence-corrected chi connectivity index (χ4v) is 3.16. The number of rotatable bonds is 3. The van der Waals surface area contributed by atoms with Crippen LogP contribution in [0.1, 0.15) is 17.7 Å². The quantitative estimate of drug-likeness (QED) is 0.873. The molecule has 0 aromatic carbocycles. The van der Waals surface area contributed by atoms with Crippen LogP contribution in [-0.4, -0.2) is 22.6 Å². The maximum Gasteiger partial charge on any atom is 0.138 e. The van der Waals surface area contributed by atoms with Gasteiger partial charge in [-0.1, -0.05) is 0 Å². The molecular formula is C12H16N4S. The van der Waals surface area contributed by atoms with Crippen LogP contribution >= 0.6 is 11.3 Å². The van der Waals surface area contributed by atoms with E-state index in [0.717, 1.165) is 35.4 Å². The zero-order valence-electron chi connectivity index (χ0n) is 9.81. The highest BCUT2D eigenvalue weighted by Crippen LogP contribution is 2.29. The second kappa shape index (κ2) is 4.23. The van der Waals surface area contributed by atoms with E-state index in [4.69, 9.17) is 5.73 Å². The van der Waals surface area contributed by atoms with Gasteiger partial charge in [-0.2, -0.15) is 0 Å². The van der Waals surface area contributed by atoms with Gasteiger partial charge in [-0.25, -0.2) is 9.97 Å². The molecule has 4 nitrogen and oxygen atoms in total. The summed E-state index contributed by atoms with van der Waals surface area (Å²) < 4.78 is 0. The molecule has 0 bridgehead atoms. The van der Waals surface area contributed by atoms with Crippen LogP contribution in [0.3, 0.4) is 0 Å². The van der Waals surface area contributed by atoms with Crippen LogP contribution < -0.4 is 11.1 Å². The molecule has 1 saturated carbocycles. The summed E-state index contributed by atoms with van der Waals surface area (Å²) in [6.45, 7) is 3.07. The van der Waals surface area contributed by atoms with Crippen LogP contribution in [0.25, 0.3) is 10.2 Å². The fraction of sp³-hybridized carbons (Fsp3) is 0.500. The van der Waals surface area contributed by atoms with E-state index in [9.17, 15) is 0 Å². The lowest BCUT2D eigenvalue weighted by Crippen LogP contribution is -2.39.